The zero-order chi connectivity index (χ0) is 49.2. The molecule has 2 atom stereocenters. The van der Waals surface area contributed by atoms with E-state index in [9.17, 15) is 19.5 Å². The van der Waals surface area contributed by atoms with Gasteiger partial charge < -0.3 is 28.6 Å². The van der Waals surface area contributed by atoms with Crippen molar-refractivity contribution in [3.63, 3.8) is 0 Å². The monoisotopic (exact) mass is 934 g/mol. The highest BCUT2D eigenvalue weighted by atomic mass is 16.6. The maximum atomic E-state index is 12.8. The van der Waals surface area contributed by atoms with Crippen LogP contribution in [0, 0.1) is 0 Å². The minimum absolute atomic E-state index is 0.0252. The molecule has 0 rings (SSSR count). The van der Waals surface area contributed by atoms with Gasteiger partial charge in [-0.2, -0.15) is 0 Å². The number of carboxylic acids is 1. The highest BCUT2D eigenvalue weighted by Crippen LogP contribution is 2.15. The van der Waals surface area contributed by atoms with Gasteiger partial charge in [0.25, 0.3) is 0 Å². The standard InChI is InChI=1S/C59H99NO7/c1-6-8-10-12-14-16-18-20-22-24-26-28-29-30-32-33-35-37-39-41-43-45-47-49-57(61)66-54-55(53-65-52-51-56(59(63)64)60(3,4)5)67-58(62)50-48-46-44-42-40-38-36-34-31-27-25-23-21-19-17-15-13-11-9-7-2/h8-11,14-17,20-23,27,31,36,38,55-56H,6-7,12-13,18-19,24-26,28-30,32-35,37,39-54H2,1-5H3/b10-8+,11-9+,16-14+,17-15+,22-20+,23-21+,31-27+,38-36+. The summed E-state index contributed by atoms with van der Waals surface area (Å²) in [6.45, 7) is 4.42. The first kappa shape index (κ1) is 63.2. The largest absolute Gasteiger partial charge is 0.544 e. The number of rotatable bonds is 47. The van der Waals surface area contributed by atoms with Gasteiger partial charge in [-0.15, -0.1) is 0 Å². The normalized spacial score (nSPS) is 13.6. The van der Waals surface area contributed by atoms with Crippen molar-refractivity contribution in [3.05, 3.63) is 97.2 Å². The summed E-state index contributed by atoms with van der Waals surface area (Å²) in [4.78, 5) is 37.1. The van der Waals surface area contributed by atoms with Gasteiger partial charge in [-0.1, -0.05) is 195 Å². The predicted molar refractivity (Wildman–Crippen MR) is 281 cm³/mol. The second-order valence-corrected chi connectivity index (χ2v) is 18.7. The second-order valence-electron chi connectivity index (χ2n) is 18.7. The molecule has 8 nitrogen and oxygen atoms in total. The average Bonchev–Trinajstić information content (AvgIpc) is 3.29. The molecule has 0 heterocycles. The summed E-state index contributed by atoms with van der Waals surface area (Å²) >= 11 is 0. The first-order valence-corrected chi connectivity index (χ1v) is 26.8. The minimum Gasteiger partial charge on any atom is -0.544 e. The lowest BCUT2D eigenvalue weighted by Crippen LogP contribution is -2.55. The molecule has 2 unspecified atom stereocenters. The number of carbonyl (C=O) groups is 3. The van der Waals surface area contributed by atoms with E-state index >= 15 is 0 Å². The van der Waals surface area contributed by atoms with Crippen molar-refractivity contribution in [1.82, 2.24) is 0 Å². The zero-order valence-electron chi connectivity index (χ0n) is 43.5. The fourth-order valence-corrected chi connectivity index (χ4v) is 7.41. The predicted octanol–water partition coefficient (Wildman–Crippen LogP) is 14.5. The molecular weight excluding hydrogens is 835 g/mol. The molecule has 0 aromatic rings. The number of aliphatic carboxylic acids is 1. The van der Waals surface area contributed by atoms with E-state index in [0.29, 0.717) is 6.42 Å². The zero-order valence-corrected chi connectivity index (χ0v) is 43.5. The molecule has 0 spiro atoms. The third-order valence-corrected chi connectivity index (χ3v) is 11.5. The summed E-state index contributed by atoms with van der Waals surface area (Å²) in [6.07, 6.45) is 65.8. The third-order valence-electron chi connectivity index (χ3n) is 11.5. The van der Waals surface area contributed by atoms with Crippen molar-refractivity contribution < 1.29 is 38.2 Å². The van der Waals surface area contributed by atoms with E-state index < -0.39 is 18.1 Å². The van der Waals surface area contributed by atoms with Crippen LogP contribution >= 0.6 is 0 Å². The first-order valence-electron chi connectivity index (χ1n) is 26.8. The summed E-state index contributed by atoms with van der Waals surface area (Å²) in [5.74, 6) is -1.77. The van der Waals surface area contributed by atoms with Gasteiger partial charge in [-0.05, 0) is 89.9 Å². The fraction of sp³-hybridized carbons (Fsp3) is 0.678. The van der Waals surface area contributed by atoms with Gasteiger partial charge in [0.15, 0.2) is 6.10 Å². The lowest BCUT2D eigenvalue weighted by molar-refractivity contribution is -0.889. The summed E-state index contributed by atoms with van der Waals surface area (Å²) in [6, 6.07) is -0.737. The van der Waals surface area contributed by atoms with Crippen LogP contribution in [0.25, 0.3) is 0 Å². The Labute approximate surface area is 411 Å². The van der Waals surface area contributed by atoms with Gasteiger partial charge >= 0.3 is 11.9 Å². The topological polar surface area (TPSA) is 102 Å². The number of esters is 2. The van der Waals surface area contributed by atoms with E-state index in [0.717, 1.165) is 103 Å². The van der Waals surface area contributed by atoms with Gasteiger partial charge in [-0.3, -0.25) is 9.59 Å². The maximum absolute atomic E-state index is 12.8. The highest BCUT2D eigenvalue weighted by molar-refractivity contribution is 5.70. The Bertz CT molecular complexity index is 1410. The van der Waals surface area contributed by atoms with Crippen molar-refractivity contribution in [2.75, 3.05) is 41.0 Å². The molecule has 0 radical (unpaired) electrons. The van der Waals surface area contributed by atoms with Crippen LogP contribution in [0.3, 0.4) is 0 Å². The van der Waals surface area contributed by atoms with Crippen LogP contribution in [0.1, 0.15) is 206 Å². The van der Waals surface area contributed by atoms with E-state index in [1.54, 1.807) is 21.1 Å². The molecule has 0 saturated heterocycles. The van der Waals surface area contributed by atoms with Gasteiger partial charge in [0.05, 0.1) is 40.3 Å². The van der Waals surface area contributed by atoms with Crippen LogP contribution in [0.2, 0.25) is 0 Å². The molecule has 0 aromatic carbocycles. The average molecular weight is 934 g/mol. The Hall–Kier alpha value is -3.75. The number of ether oxygens (including phenoxy) is 3. The Morgan fingerprint density at radius 2 is 0.791 bits per heavy atom. The number of hydrogen-bond donors (Lipinski definition) is 0. The number of allylic oxidation sites excluding steroid dienone is 16. The summed E-state index contributed by atoms with van der Waals surface area (Å²) in [5, 5.41) is 11.7. The quantitative estimate of drug-likeness (QED) is 0.0259. The number of carbonyl (C=O) groups excluding carboxylic acids is 3. The number of likely N-dealkylation sites (N-methyl/N-ethyl adjacent to an activating group) is 1. The van der Waals surface area contributed by atoms with Crippen LogP contribution in [0.4, 0.5) is 0 Å². The van der Waals surface area contributed by atoms with Crippen molar-refractivity contribution in [1.29, 1.82) is 0 Å². The van der Waals surface area contributed by atoms with Gasteiger partial charge in [0, 0.05) is 19.3 Å². The number of hydrogen-bond acceptors (Lipinski definition) is 7. The van der Waals surface area contributed by atoms with Crippen molar-refractivity contribution >= 4 is 17.9 Å². The Kier molecular flexibility index (Phi) is 46.0. The Morgan fingerprint density at radius 3 is 1.16 bits per heavy atom. The molecule has 0 aliphatic heterocycles. The van der Waals surface area contributed by atoms with Crippen molar-refractivity contribution in [2.45, 2.75) is 219 Å². The number of nitrogens with zero attached hydrogens (tertiary/aromatic N) is 1. The summed E-state index contributed by atoms with van der Waals surface area (Å²) in [7, 11) is 5.40. The van der Waals surface area contributed by atoms with Crippen LogP contribution in [0.5, 0.6) is 0 Å². The third kappa shape index (κ3) is 47.1. The van der Waals surface area contributed by atoms with Crippen molar-refractivity contribution in [3.8, 4) is 0 Å². The molecule has 0 aliphatic rings. The maximum Gasteiger partial charge on any atom is 0.306 e. The summed E-state index contributed by atoms with van der Waals surface area (Å²) in [5.41, 5.74) is 0. The van der Waals surface area contributed by atoms with Crippen LogP contribution < -0.4 is 5.11 Å². The van der Waals surface area contributed by atoms with E-state index in [1.165, 1.54) is 70.6 Å². The Morgan fingerprint density at radius 1 is 0.448 bits per heavy atom. The van der Waals surface area contributed by atoms with Crippen LogP contribution in [-0.4, -0.2) is 75.5 Å². The number of carboxylic acid groups (broad SMARTS) is 1. The molecular formula is C59H99NO7. The molecule has 0 bridgehead atoms. The van der Waals surface area contributed by atoms with E-state index in [2.05, 4.69) is 111 Å². The SMILES string of the molecule is CC/C=C/C/C=C/C/C=C/C/C=C/C/C=C/CCCCCCC(=O)OC(COCCC(C(=O)[O-])[N+](C)(C)C)COC(=O)CCCCCCCCCCCCCCC/C=C/C/C=C/C/C=C/CC. The molecule has 0 N–H and O–H groups in total. The van der Waals surface area contributed by atoms with E-state index in [1.807, 2.05) is 0 Å². The second kappa shape index (κ2) is 48.7. The minimum atomic E-state index is -1.13. The molecule has 67 heavy (non-hydrogen) atoms. The van der Waals surface area contributed by atoms with E-state index in [-0.39, 0.29) is 49.1 Å². The number of quaternary nitrogens is 1. The molecule has 0 saturated carbocycles. The lowest BCUT2D eigenvalue weighted by Gasteiger charge is -2.34. The molecule has 0 aromatic heterocycles. The summed E-state index contributed by atoms with van der Waals surface area (Å²) < 4.78 is 17.2. The van der Waals surface area contributed by atoms with Gasteiger partial charge in [-0.25, -0.2) is 0 Å². The molecule has 0 aliphatic carbocycles. The fourth-order valence-electron chi connectivity index (χ4n) is 7.41. The molecule has 8 heteroatoms. The van der Waals surface area contributed by atoms with E-state index in [4.69, 9.17) is 14.2 Å². The highest BCUT2D eigenvalue weighted by Gasteiger charge is 2.25. The molecule has 382 valence electrons. The van der Waals surface area contributed by atoms with Gasteiger partial charge in [0.2, 0.25) is 0 Å². The van der Waals surface area contributed by atoms with Crippen LogP contribution in [0.15, 0.2) is 97.2 Å². The van der Waals surface area contributed by atoms with Crippen LogP contribution in [-0.2, 0) is 28.6 Å². The lowest BCUT2D eigenvalue weighted by atomic mass is 10.0. The molecule has 0 amide bonds. The number of unbranched alkanes of at least 4 members (excludes halogenated alkanes) is 17. The van der Waals surface area contributed by atoms with Crippen molar-refractivity contribution in [2.24, 2.45) is 0 Å². The Balaban J connectivity index is 4.26. The molecule has 0 fully saturated rings. The first-order chi connectivity index (χ1) is 32.6. The smallest absolute Gasteiger partial charge is 0.306 e. The van der Waals surface area contributed by atoms with Gasteiger partial charge in [0.1, 0.15) is 12.6 Å².